The third-order valence-corrected chi connectivity index (χ3v) is 5.10. The van der Waals surface area contributed by atoms with Gasteiger partial charge in [-0.25, -0.2) is 4.79 Å². The van der Waals surface area contributed by atoms with E-state index in [9.17, 15) is 4.79 Å². The first kappa shape index (κ1) is 19.0. The highest BCUT2D eigenvalue weighted by atomic mass is 35.5. The molecule has 2 heterocycles. The normalized spacial score (nSPS) is 19.7. The number of esters is 1. The zero-order chi connectivity index (χ0) is 16.1. The Morgan fingerprint density at radius 3 is 2.58 bits per heavy atom. The van der Waals surface area contributed by atoms with E-state index in [1.807, 2.05) is 12.1 Å². The molecule has 0 saturated carbocycles. The van der Waals surface area contributed by atoms with Gasteiger partial charge in [-0.3, -0.25) is 4.90 Å². The molecule has 5 nitrogen and oxygen atoms in total. The highest BCUT2D eigenvalue weighted by Crippen LogP contribution is 2.39. The second kappa shape index (κ2) is 8.70. The molecule has 0 aromatic heterocycles. The predicted octanol–water partition coefficient (Wildman–Crippen LogP) is 2.24. The Labute approximate surface area is 150 Å². The van der Waals surface area contributed by atoms with E-state index in [1.165, 1.54) is 58.1 Å². The van der Waals surface area contributed by atoms with Crippen LogP contribution in [0.5, 0.6) is 5.75 Å². The predicted molar refractivity (Wildman–Crippen MR) is 95.6 cm³/mol. The minimum atomic E-state index is -0.363. The van der Waals surface area contributed by atoms with Crippen LogP contribution in [0.25, 0.3) is 0 Å². The number of likely N-dealkylation sites (tertiary alicyclic amines) is 1. The fraction of sp³-hybridized carbons (Fsp3) is 0.611. The van der Waals surface area contributed by atoms with Gasteiger partial charge in [-0.05, 0) is 62.0 Å². The van der Waals surface area contributed by atoms with Crippen LogP contribution in [0.4, 0.5) is 0 Å². The van der Waals surface area contributed by atoms with Crippen LogP contribution in [-0.4, -0.2) is 50.8 Å². The van der Waals surface area contributed by atoms with E-state index in [-0.39, 0.29) is 25.0 Å². The van der Waals surface area contributed by atoms with Crippen LogP contribution in [0, 0.1) is 5.41 Å². The van der Waals surface area contributed by atoms with E-state index in [0.29, 0.717) is 11.2 Å². The number of piperidine rings is 1. The van der Waals surface area contributed by atoms with Crippen LogP contribution in [0.2, 0.25) is 0 Å². The minimum absolute atomic E-state index is 0. The Morgan fingerprint density at radius 2 is 1.92 bits per heavy atom. The van der Waals surface area contributed by atoms with Gasteiger partial charge in [0, 0.05) is 13.1 Å². The van der Waals surface area contributed by atoms with E-state index in [0.717, 1.165) is 6.54 Å². The lowest BCUT2D eigenvalue weighted by molar-refractivity contribution is -0.142. The highest BCUT2D eigenvalue weighted by molar-refractivity contribution is 5.85. The van der Waals surface area contributed by atoms with Gasteiger partial charge in [0.05, 0.1) is 7.11 Å². The number of benzene rings is 1. The van der Waals surface area contributed by atoms with Gasteiger partial charge in [-0.2, -0.15) is 0 Å². The smallest absolute Gasteiger partial charge is 0.343 e. The number of halogens is 1. The third kappa shape index (κ3) is 4.85. The Kier molecular flexibility index (Phi) is 6.90. The molecule has 2 aliphatic heterocycles. The standard InChI is InChI=1S/C18H26N2O3.ClH/c1-22-17(21)13-23-16-4-2-15(3-5-16)12-20-11-8-18(14-20)6-9-19-10-7-18;/h2-5,19H,6-14H2,1H3;1H. The lowest BCUT2D eigenvalue weighted by Gasteiger charge is -2.33. The van der Waals surface area contributed by atoms with Crippen LogP contribution in [0.15, 0.2) is 24.3 Å². The maximum atomic E-state index is 11.1. The van der Waals surface area contributed by atoms with Crippen molar-refractivity contribution in [1.29, 1.82) is 0 Å². The summed E-state index contributed by atoms with van der Waals surface area (Å²) in [5, 5.41) is 3.47. The average Bonchev–Trinajstić information content (AvgIpc) is 2.96. The van der Waals surface area contributed by atoms with E-state index < -0.39 is 0 Å². The van der Waals surface area contributed by atoms with Crippen molar-refractivity contribution in [2.24, 2.45) is 5.41 Å². The van der Waals surface area contributed by atoms with Gasteiger partial charge in [-0.15, -0.1) is 12.4 Å². The minimum Gasteiger partial charge on any atom is -0.482 e. The SMILES string of the molecule is COC(=O)COc1ccc(CN2CCC3(CCNCC3)C2)cc1.Cl. The summed E-state index contributed by atoms with van der Waals surface area (Å²) in [6, 6.07) is 8.02. The summed E-state index contributed by atoms with van der Waals surface area (Å²) in [4.78, 5) is 13.6. The van der Waals surface area contributed by atoms with E-state index in [1.54, 1.807) is 0 Å². The van der Waals surface area contributed by atoms with Crippen molar-refractivity contribution in [3.63, 3.8) is 0 Å². The van der Waals surface area contributed by atoms with Gasteiger partial charge < -0.3 is 14.8 Å². The molecule has 0 unspecified atom stereocenters. The molecule has 1 spiro atoms. The quantitative estimate of drug-likeness (QED) is 0.822. The molecule has 6 heteroatoms. The van der Waals surface area contributed by atoms with Gasteiger partial charge in [0.15, 0.2) is 6.61 Å². The molecule has 0 atom stereocenters. The largest absolute Gasteiger partial charge is 0.482 e. The lowest BCUT2D eigenvalue weighted by Crippen LogP contribution is -2.38. The van der Waals surface area contributed by atoms with E-state index in [4.69, 9.17) is 4.74 Å². The number of rotatable bonds is 5. The third-order valence-electron chi connectivity index (χ3n) is 5.10. The summed E-state index contributed by atoms with van der Waals surface area (Å²) in [5.74, 6) is 0.341. The van der Waals surface area contributed by atoms with E-state index in [2.05, 4.69) is 27.1 Å². The number of hydrogen-bond acceptors (Lipinski definition) is 5. The van der Waals surface area contributed by atoms with Gasteiger partial charge in [0.25, 0.3) is 0 Å². The number of nitrogens with zero attached hydrogens (tertiary/aromatic N) is 1. The van der Waals surface area contributed by atoms with Gasteiger partial charge in [0.1, 0.15) is 5.75 Å². The summed E-state index contributed by atoms with van der Waals surface area (Å²) >= 11 is 0. The van der Waals surface area contributed by atoms with Crippen molar-refractivity contribution >= 4 is 18.4 Å². The molecule has 2 saturated heterocycles. The number of ether oxygens (including phenoxy) is 2. The van der Waals surface area contributed by atoms with Crippen molar-refractivity contribution in [2.45, 2.75) is 25.8 Å². The van der Waals surface area contributed by atoms with Crippen LogP contribution in [0.1, 0.15) is 24.8 Å². The lowest BCUT2D eigenvalue weighted by atomic mass is 9.78. The summed E-state index contributed by atoms with van der Waals surface area (Å²) < 4.78 is 9.94. The number of carbonyl (C=O) groups is 1. The maximum Gasteiger partial charge on any atom is 0.343 e. The molecular weight excluding hydrogens is 328 g/mol. The molecule has 3 rings (SSSR count). The topological polar surface area (TPSA) is 50.8 Å². The van der Waals surface area contributed by atoms with Crippen LogP contribution >= 0.6 is 12.4 Å². The molecular formula is C18H27ClN2O3. The molecule has 2 fully saturated rings. The number of carbonyl (C=O) groups excluding carboxylic acids is 1. The molecule has 0 bridgehead atoms. The zero-order valence-electron chi connectivity index (χ0n) is 14.3. The number of methoxy groups -OCH3 is 1. The monoisotopic (exact) mass is 354 g/mol. The average molecular weight is 355 g/mol. The van der Waals surface area contributed by atoms with Crippen LogP contribution in [0.3, 0.4) is 0 Å². The summed E-state index contributed by atoms with van der Waals surface area (Å²) in [6.45, 7) is 5.70. The van der Waals surface area contributed by atoms with Crippen molar-refractivity contribution in [1.82, 2.24) is 10.2 Å². The molecule has 0 radical (unpaired) electrons. The molecule has 1 N–H and O–H groups in total. The molecule has 2 aliphatic rings. The van der Waals surface area contributed by atoms with Gasteiger partial charge >= 0.3 is 5.97 Å². The van der Waals surface area contributed by atoms with Gasteiger partial charge in [-0.1, -0.05) is 12.1 Å². The second-order valence-electron chi connectivity index (χ2n) is 6.72. The second-order valence-corrected chi connectivity index (χ2v) is 6.72. The Bertz CT molecular complexity index is 530. The first-order valence-electron chi connectivity index (χ1n) is 8.41. The molecule has 134 valence electrons. The Hall–Kier alpha value is -1.30. The summed E-state index contributed by atoms with van der Waals surface area (Å²) in [5.41, 5.74) is 1.84. The van der Waals surface area contributed by atoms with Gasteiger partial charge in [0.2, 0.25) is 0 Å². The first-order chi connectivity index (χ1) is 11.2. The molecule has 0 aliphatic carbocycles. The summed E-state index contributed by atoms with van der Waals surface area (Å²) in [6.07, 6.45) is 3.95. The molecule has 1 aromatic carbocycles. The van der Waals surface area contributed by atoms with Crippen LogP contribution < -0.4 is 10.1 Å². The molecule has 24 heavy (non-hydrogen) atoms. The van der Waals surface area contributed by atoms with Crippen LogP contribution in [-0.2, 0) is 16.1 Å². The first-order valence-corrected chi connectivity index (χ1v) is 8.41. The van der Waals surface area contributed by atoms with Crippen molar-refractivity contribution < 1.29 is 14.3 Å². The maximum absolute atomic E-state index is 11.1. The molecule has 0 amide bonds. The Morgan fingerprint density at radius 1 is 1.21 bits per heavy atom. The van der Waals surface area contributed by atoms with Crippen molar-refractivity contribution in [3.05, 3.63) is 29.8 Å². The zero-order valence-corrected chi connectivity index (χ0v) is 15.1. The summed E-state index contributed by atoms with van der Waals surface area (Å²) in [7, 11) is 1.36. The van der Waals surface area contributed by atoms with E-state index >= 15 is 0 Å². The fourth-order valence-corrected chi connectivity index (χ4v) is 3.68. The highest BCUT2D eigenvalue weighted by Gasteiger charge is 2.38. The Balaban J connectivity index is 0.00000208. The fourth-order valence-electron chi connectivity index (χ4n) is 3.68. The van der Waals surface area contributed by atoms with Crippen molar-refractivity contribution in [2.75, 3.05) is 39.9 Å². The number of hydrogen-bond donors (Lipinski definition) is 1. The molecule has 1 aromatic rings. The van der Waals surface area contributed by atoms with Crippen molar-refractivity contribution in [3.8, 4) is 5.75 Å². The number of nitrogens with one attached hydrogen (secondary N) is 1.